The quantitative estimate of drug-likeness (QED) is 0.688. The van der Waals surface area contributed by atoms with E-state index in [9.17, 15) is 0 Å². The number of hydrogen-bond donors (Lipinski definition) is 1. The number of aliphatic imine (C=N–C) groups is 1. The molecule has 4 nitrogen and oxygen atoms in total. The van der Waals surface area contributed by atoms with E-state index >= 15 is 0 Å². The van der Waals surface area contributed by atoms with Gasteiger partial charge >= 0.3 is 0 Å². The van der Waals surface area contributed by atoms with Crippen molar-refractivity contribution in [1.29, 1.82) is 0 Å². The summed E-state index contributed by atoms with van der Waals surface area (Å²) in [4.78, 5) is 6.88. The summed E-state index contributed by atoms with van der Waals surface area (Å²) in [5.74, 6) is 1.02. The molecule has 2 saturated heterocycles. The smallest absolute Gasteiger partial charge is 0.193 e. The number of benzene rings is 1. The maximum absolute atomic E-state index is 5.62. The van der Waals surface area contributed by atoms with Gasteiger partial charge in [-0.1, -0.05) is 31.2 Å². The van der Waals surface area contributed by atoms with Crippen LogP contribution in [0.3, 0.4) is 0 Å². The van der Waals surface area contributed by atoms with E-state index in [1.54, 1.807) is 0 Å². The van der Waals surface area contributed by atoms with E-state index in [-0.39, 0.29) is 0 Å². The van der Waals surface area contributed by atoms with Gasteiger partial charge in [0.05, 0.1) is 6.61 Å². The Morgan fingerprint density at radius 3 is 2.82 bits per heavy atom. The molecular formula is C18H27N3O. The maximum Gasteiger partial charge on any atom is 0.193 e. The van der Waals surface area contributed by atoms with Gasteiger partial charge in [-0.15, -0.1) is 0 Å². The lowest BCUT2D eigenvalue weighted by Crippen LogP contribution is -2.41. The third-order valence-electron chi connectivity index (χ3n) is 5.07. The molecule has 2 aliphatic heterocycles. The summed E-state index contributed by atoms with van der Waals surface area (Å²) in [5, 5.41) is 3.54. The van der Waals surface area contributed by atoms with Crippen LogP contribution in [0.5, 0.6) is 0 Å². The third kappa shape index (κ3) is 3.12. The first kappa shape index (κ1) is 15.3. The summed E-state index contributed by atoms with van der Waals surface area (Å²) < 4.78 is 5.62. The Bertz CT molecular complexity index is 535. The Labute approximate surface area is 133 Å². The first-order valence-electron chi connectivity index (χ1n) is 8.36. The SMILES string of the molecule is CCc1ccccc1CNC(=NC)N1CCC2(CCOC2)C1. The Hall–Kier alpha value is -1.55. The molecular weight excluding hydrogens is 274 g/mol. The van der Waals surface area contributed by atoms with Crippen LogP contribution in [0, 0.1) is 5.41 Å². The number of ether oxygens (including phenoxy) is 1. The third-order valence-corrected chi connectivity index (χ3v) is 5.07. The van der Waals surface area contributed by atoms with Crippen molar-refractivity contribution < 1.29 is 4.74 Å². The van der Waals surface area contributed by atoms with Crippen molar-refractivity contribution in [2.45, 2.75) is 32.7 Å². The van der Waals surface area contributed by atoms with E-state index in [1.807, 2.05) is 7.05 Å². The summed E-state index contributed by atoms with van der Waals surface area (Å²) in [6, 6.07) is 8.64. The van der Waals surface area contributed by atoms with Gasteiger partial charge in [-0.3, -0.25) is 4.99 Å². The first-order chi connectivity index (χ1) is 10.8. The fourth-order valence-electron chi connectivity index (χ4n) is 3.67. The molecule has 0 amide bonds. The number of hydrogen-bond acceptors (Lipinski definition) is 2. The number of aryl methyl sites for hydroxylation is 1. The molecule has 0 aliphatic carbocycles. The molecule has 3 rings (SSSR count). The molecule has 1 aromatic carbocycles. The molecule has 4 heteroatoms. The van der Waals surface area contributed by atoms with E-state index < -0.39 is 0 Å². The Morgan fingerprint density at radius 1 is 1.32 bits per heavy atom. The highest BCUT2D eigenvalue weighted by atomic mass is 16.5. The molecule has 0 aromatic heterocycles. The fraction of sp³-hybridized carbons (Fsp3) is 0.611. The summed E-state index contributed by atoms with van der Waals surface area (Å²) in [7, 11) is 1.88. The van der Waals surface area contributed by atoms with Gasteiger partial charge in [0.15, 0.2) is 5.96 Å². The number of nitrogens with zero attached hydrogens (tertiary/aromatic N) is 2. The minimum absolute atomic E-state index is 0.374. The van der Waals surface area contributed by atoms with Crippen molar-refractivity contribution in [3.05, 3.63) is 35.4 Å². The standard InChI is InChI=1S/C18H27N3O/c1-3-15-6-4-5-7-16(15)12-20-17(19-2)21-10-8-18(13-21)9-11-22-14-18/h4-7H,3,8-14H2,1-2H3,(H,19,20). The van der Waals surface area contributed by atoms with Crippen molar-refractivity contribution in [3.63, 3.8) is 0 Å². The lowest BCUT2D eigenvalue weighted by molar-refractivity contribution is 0.156. The molecule has 1 aromatic rings. The Kier molecular flexibility index (Phi) is 4.67. The molecule has 1 N–H and O–H groups in total. The van der Waals surface area contributed by atoms with Crippen LogP contribution in [0.1, 0.15) is 30.9 Å². The number of likely N-dealkylation sites (tertiary alicyclic amines) is 1. The van der Waals surface area contributed by atoms with Crippen LogP contribution in [0.15, 0.2) is 29.3 Å². The van der Waals surface area contributed by atoms with Crippen LogP contribution in [0.25, 0.3) is 0 Å². The van der Waals surface area contributed by atoms with Crippen LogP contribution >= 0.6 is 0 Å². The summed E-state index contributed by atoms with van der Waals surface area (Å²) in [6.07, 6.45) is 3.49. The van der Waals surface area contributed by atoms with Gasteiger partial charge in [-0.25, -0.2) is 0 Å². The zero-order valence-electron chi connectivity index (χ0n) is 13.8. The van der Waals surface area contributed by atoms with Crippen LogP contribution in [-0.4, -0.2) is 44.2 Å². The molecule has 120 valence electrons. The lowest BCUT2D eigenvalue weighted by atomic mass is 9.87. The average molecular weight is 301 g/mol. The highest BCUT2D eigenvalue weighted by molar-refractivity contribution is 5.80. The first-order valence-corrected chi connectivity index (χ1v) is 8.36. The average Bonchev–Trinajstić information content (AvgIpc) is 3.19. The lowest BCUT2D eigenvalue weighted by Gasteiger charge is -2.25. The normalized spacial score (nSPS) is 25.2. The van der Waals surface area contributed by atoms with E-state index in [0.717, 1.165) is 45.2 Å². The molecule has 2 heterocycles. The minimum Gasteiger partial charge on any atom is -0.381 e. The zero-order chi connectivity index (χ0) is 15.4. The largest absolute Gasteiger partial charge is 0.381 e. The van der Waals surface area contributed by atoms with Crippen molar-refractivity contribution in [3.8, 4) is 0 Å². The molecule has 0 bridgehead atoms. The number of guanidine groups is 1. The van der Waals surface area contributed by atoms with Gasteiger partial charge in [0, 0.05) is 38.7 Å². The summed E-state index contributed by atoms with van der Waals surface area (Å²) in [6.45, 7) is 7.04. The van der Waals surface area contributed by atoms with Gasteiger partial charge in [-0.2, -0.15) is 0 Å². The Balaban J connectivity index is 1.61. The highest BCUT2D eigenvalue weighted by Crippen LogP contribution is 2.38. The van der Waals surface area contributed by atoms with Crippen molar-refractivity contribution in [2.24, 2.45) is 10.4 Å². The minimum atomic E-state index is 0.374. The van der Waals surface area contributed by atoms with Crippen molar-refractivity contribution in [1.82, 2.24) is 10.2 Å². The summed E-state index contributed by atoms with van der Waals surface area (Å²) >= 11 is 0. The molecule has 2 fully saturated rings. The molecule has 2 aliphatic rings. The van der Waals surface area contributed by atoms with Gasteiger partial charge < -0.3 is 15.0 Å². The van der Waals surface area contributed by atoms with Crippen molar-refractivity contribution in [2.75, 3.05) is 33.4 Å². The highest BCUT2D eigenvalue weighted by Gasteiger charge is 2.42. The van der Waals surface area contributed by atoms with Gasteiger partial charge in [0.25, 0.3) is 0 Å². The zero-order valence-corrected chi connectivity index (χ0v) is 13.8. The van der Waals surface area contributed by atoms with Crippen LogP contribution in [0.4, 0.5) is 0 Å². The van der Waals surface area contributed by atoms with Gasteiger partial charge in [-0.05, 0) is 30.4 Å². The van der Waals surface area contributed by atoms with E-state index in [1.165, 1.54) is 24.0 Å². The fourth-order valence-corrected chi connectivity index (χ4v) is 3.67. The second-order valence-electron chi connectivity index (χ2n) is 6.50. The predicted octanol–water partition coefficient (Wildman–Crippen LogP) is 2.44. The van der Waals surface area contributed by atoms with E-state index in [0.29, 0.717) is 5.41 Å². The second-order valence-corrected chi connectivity index (χ2v) is 6.50. The summed E-state index contributed by atoms with van der Waals surface area (Å²) in [5.41, 5.74) is 3.15. The van der Waals surface area contributed by atoms with Crippen LogP contribution in [0.2, 0.25) is 0 Å². The van der Waals surface area contributed by atoms with Gasteiger partial charge in [0.1, 0.15) is 0 Å². The maximum atomic E-state index is 5.62. The predicted molar refractivity (Wildman–Crippen MR) is 90.1 cm³/mol. The number of rotatable bonds is 3. The number of nitrogens with one attached hydrogen (secondary N) is 1. The molecule has 22 heavy (non-hydrogen) atoms. The van der Waals surface area contributed by atoms with E-state index in [4.69, 9.17) is 4.74 Å². The topological polar surface area (TPSA) is 36.9 Å². The molecule has 1 unspecified atom stereocenters. The van der Waals surface area contributed by atoms with Gasteiger partial charge in [0.2, 0.25) is 0 Å². The molecule has 0 radical (unpaired) electrons. The molecule has 1 spiro atoms. The monoisotopic (exact) mass is 301 g/mol. The van der Waals surface area contributed by atoms with E-state index in [2.05, 4.69) is 46.4 Å². The van der Waals surface area contributed by atoms with Crippen LogP contribution < -0.4 is 5.32 Å². The molecule has 0 saturated carbocycles. The second kappa shape index (κ2) is 6.69. The van der Waals surface area contributed by atoms with Crippen LogP contribution in [-0.2, 0) is 17.7 Å². The Morgan fingerprint density at radius 2 is 2.14 bits per heavy atom. The van der Waals surface area contributed by atoms with Crippen molar-refractivity contribution >= 4 is 5.96 Å². The molecule has 1 atom stereocenters.